The number of Topliss-reactive ketones (excluding diaryl/α,β-unsaturated/α-hetero) is 1. The van der Waals surface area contributed by atoms with Crippen molar-refractivity contribution >= 4 is 27.8 Å². The second kappa shape index (κ2) is 5.19. The van der Waals surface area contributed by atoms with Crippen molar-refractivity contribution in [2.24, 2.45) is 0 Å². The van der Waals surface area contributed by atoms with Crippen molar-refractivity contribution in [2.75, 3.05) is 0 Å². The Labute approximate surface area is 129 Å². The number of carbonyl (C=O) groups excluding carboxylic acids is 1. The standard InChI is InChI=1S/C17H11BrF2O/c1-9-4-13(19)3-2-10(9)5-11-6-14-15(17(11)21)7-12(18)8-16(14)20/h2-5,7-8H,6H2,1H3/b11-5+. The van der Waals surface area contributed by atoms with Gasteiger partial charge in [0.05, 0.1) is 0 Å². The van der Waals surface area contributed by atoms with E-state index in [0.29, 0.717) is 21.2 Å². The summed E-state index contributed by atoms with van der Waals surface area (Å²) < 4.78 is 27.6. The van der Waals surface area contributed by atoms with Gasteiger partial charge in [0.25, 0.3) is 0 Å². The number of halogens is 3. The van der Waals surface area contributed by atoms with Gasteiger partial charge in [-0.2, -0.15) is 0 Å². The highest BCUT2D eigenvalue weighted by molar-refractivity contribution is 9.10. The third kappa shape index (κ3) is 2.56. The molecule has 1 aliphatic rings. The van der Waals surface area contributed by atoms with E-state index in [0.717, 1.165) is 11.1 Å². The maximum Gasteiger partial charge on any atom is 0.189 e. The fourth-order valence-corrected chi connectivity index (χ4v) is 2.96. The number of ketones is 1. The van der Waals surface area contributed by atoms with Gasteiger partial charge in [0.2, 0.25) is 0 Å². The smallest absolute Gasteiger partial charge is 0.189 e. The highest BCUT2D eigenvalue weighted by atomic mass is 79.9. The molecule has 2 aromatic rings. The van der Waals surface area contributed by atoms with E-state index in [1.807, 2.05) is 0 Å². The summed E-state index contributed by atoms with van der Waals surface area (Å²) in [5, 5.41) is 0. The van der Waals surface area contributed by atoms with Gasteiger partial charge in [-0.25, -0.2) is 8.78 Å². The molecule has 1 nitrogen and oxygen atoms in total. The number of benzene rings is 2. The monoisotopic (exact) mass is 348 g/mol. The Morgan fingerprint density at radius 2 is 1.95 bits per heavy atom. The first-order chi connectivity index (χ1) is 9.95. The van der Waals surface area contributed by atoms with Crippen LogP contribution in [0.3, 0.4) is 0 Å². The first-order valence-electron chi connectivity index (χ1n) is 6.45. The van der Waals surface area contributed by atoms with Crippen LogP contribution in [0, 0.1) is 18.6 Å². The quantitative estimate of drug-likeness (QED) is 0.672. The Balaban J connectivity index is 2.05. The average molecular weight is 349 g/mol. The van der Waals surface area contributed by atoms with Crippen molar-refractivity contribution < 1.29 is 13.6 Å². The molecular weight excluding hydrogens is 338 g/mol. The van der Waals surface area contributed by atoms with Gasteiger partial charge in [-0.05, 0) is 48.4 Å². The molecule has 0 radical (unpaired) electrons. The molecule has 1 aliphatic carbocycles. The Hall–Kier alpha value is -1.81. The summed E-state index contributed by atoms with van der Waals surface area (Å²) in [6.07, 6.45) is 1.98. The van der Waals surface area contributed by atoms with E-state index < -0.39 is 0 Å². The van der Waals surface area contributed by atoms with Gasteiger partial charge in [-0.15, -0.1) is 0 Å². The molecule has 0 saturated carbocycles. The summed E-state index contributed by atoms with van der Waals surface area (Å²) in [5.74, 6) is -0.869. The molecule has 0 bridgehead atoms. The highest BCUT2D eigenvalue weighted by Gasteiger charge is 2.28. The van der Waals surface area contributed by atoms with Crippen LogP contribution in [0.1, 0.15) is 27.0 Å². The Morgan fingerprint density at radius 1 is 1.19 bits per heavy atom. The molecule has 0 fully saturated rings. The van der Waals surface area contributed by atoms with E-state index in [2.05, 4.69) is 15.9 Å². The average Bonchev–Trinajstić information content (AvgIpc) is 2.71. The minimum absolute atomic E-state index is 0.172. The summed E-state index contributed by atoms with van der Waals surface area (Å²) in [5.41, 5.74) is 2.86. The van der Waals surface area contributed by atoms with Crippen molar-refractivity contribution in [1.29, 1.82) is 0 Å². The van der Waals surface area contributed by atoms with Crippen molar-refractivity contribution in [3.63, 3.8) is 0 Å². The largest absolute Gasteiger partial charge is 0.289 e. The van der Waals surface area contributed by atoms with Crippen LogP contribution in [0.2, 0.25) is 0 Å². The van der Waals surface area contributed by atoms with E-state index in [4.69, 9.17) is 0 Å². The van der Waals surface area contributed by atoms with E-state index in [-0.39, 0.29) is 23.8 Å². The van der Waals surface area contributed by atoms with Gasteiger partial charge in [0.1, 0.15) is 11.6 Å². The lowest BCUT2D eigenvalue weighted by Gasteiger charge is -2.02. The normalized spacial score (nSPS) is 15.6. The summed E-state index contributed by atoms with van der Waals surface area (Å²) in [7, 11) is 0. The molecule has 0 spiro atoms. The van der Waals surface area contributed by atoms with Crippen molar-refractivity contribution in [1.82, 2.24) is 0 Å². The summed E-state index contributed by atoms with van der Waals surface area (Å²) in [6, 6.07) is 7.39. The Morgan fingerprint density at radius 3 is 2.67 bits per heavy atom. The molecule has 0 heterocycles. The van der Waals surface area contributed by atoms with Crippen LogP contribution in [0.15, 0.2) is 40.4 Å². The number of hydrogen-bond donors (Lipinski definition) is 0. The van der Waals surface area contributed by atoms with Gasteiger partial charge in [-0.1, -0.05) is 22.0 Å². The van der Waals surface area contributed by atoms with Gasteiger partial charge >= 0.3 is 0 Å². The fourth-order valence-electron chi connectivity index (χ4n) is 2.53. The molecule has 0 amide bonds. The topological polar surface area (TPSA) is 17.1 Å². The predicted octanol–water partition coefficient (Wildman–Crippen LogP) is 4.86. The third-order valence-corrected chi connectivity index (χ3v) is 4.08. The molecule has 0 unspecified atom stereocenters. The maximum atomic E-state index is 13.9. The molecule has 0 N–H and O–H groups in total. The van der Waals surface area contributed by atoms with E-state index in [1.54, 1.807) is 25.1 Å². The second-order valence-corrected chi connectivity index (χ2v) is 6.01. The number of rotatable bonds is 1. The zero-order chi connectivity index (χ0) is 15.1. The zero-order valence-electron chi connectivity index (χ0n) is 11.2. The van der Waals surface area contributed by atoms with Crippen molar-refractivity contribution in [3.05, 3.63) is 74.3 Å². The Bertz CT molecular complexity index is 794. The predicted molar refractivity (Wildman–Crippen MR) is 81.2 cm³/mol. The number of aryl methyl sites for hydroxylation is 1. The van der Waals surface area contributed by atoms with Crippen LogP contribution in [0.5, 0.6) is 0 Å². The van der Waals surface area contributed by atoms with Crippen LogP contribution < -0.4 is 0 Å². The molecular formula is C17H11BrF2O. The molecule has 0 saturated heterocycles. The lowest BCUT2D eigenvalue weighted by molar-refractivity contribution is 0.104. The maximum absolute atomic E-state index is 13.9. The summed E-state index contributed by atoms with van der Waals surface area (Å²) >= 11 is 3.20. The second-order valence-electron chi connectivity index (χ2n) is 5.09. The number of carbonyl (C=O) groups is 1. The van der Waals surface area contributed by atoms with Gasteiger partial charge in [-0.3, -0.25) is 4.79 Å². The van der Waals surface area contributed by atoms with Crippen LogP contribution in [0.4, 0.5) is 8.78 Å². The van der Waals surface area contributed by atoms with E-state index in [1.165, 1.54) is 18.2 Å². The molecule has 4 heteroatoms. The summed E-state index contributed by atoms with van der Waals surface area (Å²) in [6.45, 7) is 1.78. The molecule has 0 atom stereocenters. The molecule has 2 aromatic carbocycles. The van der Waals surface area contributed by atoms with Crippen LogP contribution >= 0.6 is 15.9 Å². The Kier molecular flexibility index (Phi) is 3.49. The van der Waals surface area contributed by atoms with Crippen LogP contribution in [-0.4, -0.2) is 5.78 Å². The van der Waals surface area contributed by atoms with Gasteiger partial charge in [0.15, 0.2) is 5.78 Å². The molecule has 3 rings (SSSR count). The van der Waals surface area contributed by atoms with Crippen molar-refractivity contribution in [3.8, 4) is 0 Å². The SMILES string of the molecule is Cc1cc(F)ccc1/C=C1\Cc2c(F)cc(Br)cc2C1=O. The van der Waals surface area contributed by atoms with E-state index >= 15 is 0 Å². The molecule has 0 aliphatic heterocycles. The van der Waals surface area contributed by atoms with Crippen LogP contribution in [-0.2, 0) is 6.42 Å². The fraction of sp³-hybridized carbons (Fsp3) is 0.118. The highest BCUT2D eigenvalue weighted by Crippen LogP contribution is 2.32. The van der Waals surface area contributed by atoms with E-state index in [9.17, 15) is 13.6 Å². The van der Waals surface area contributed by atoms with Crippen molar-refractivity contribution in [2.45, 2.75) is 13.3 Å². The molecule has 0 aromatic heterocycles. The number of fused-ring (bicyclic) bond motifs is 1. The van der Waals surface area contributed by atoms with Gasteiger partial charge in [0, 0.05) is 27.6 Å². The molecule has 21 heavy (non-hydrogen) atoms. The lowest BCUT2D eigenvalue weighted by Crippen LogP contribution is -1.96. The molecule has 106 valence electrons. The minimum Gasteiger partial charge on any atom is -0.289 e. The summed E-state index contributed by atoms with van der Waals surface area (Å²) in [4.78, 5) is 12.4. The minimum atomic E-state index is -0.382. The third-order valence-electron chi connectivity index (χ3n) is 3.63. The zero-order valence-corrected chi connectivity index (χ0v) is 12.8. The lowest BCUT2D eigenvalue weighted by atomic mass is 10.0. The first kappa shape index (κ1) is 14.1. The van der Waals surface area contributed by atoms with Gasteiger partial charge < -0.3 is 0 Å². The first-order valence-corrected chi connectivity index (χ1v) is 7.24. The number of allylic oxidation sites excluding steroid dienone is 1. The number of hydrogen-bond acceptors (Lipinski definition) is 1. The van der Waals surface area contributed by atoms with Crippen LogP contribution in [0.25, 0.3) is 6.08 Å².